The van der Waals surface area contributed by atoms with Gasteiger partial charge in [-0.2, -0.15) is 0 Å². The third-order valence-electron chi connectivity index (χ3n) is 2.46. The first-order valence-corrected chi connectivity index (χ1v) is 7.64. The fourth-order valence-corrected chi connectivity index (χ4v) is 2.44. The standard InChI is InChI=1S/C9H18BO7P/c1-18(13,14)17-7-6(5-12)16-9(10)8(7)15-4-2-3-11/h6-9,11-12H,2-5H2,1H3,(H,13,14)/t6-,7+,8?,9-/m1/s1. The summed E-state index contributed by atoms with van der Waals surface area (Å²) in [7, 11) is 1.92. The molecule has 0 saturated carbocycles. The van der Waals surface area contributed by atoms with E-state index in [1.807, 2.05) is 0 Å². The minimum Gasteiger partial charge on any atom is -0.396 e. The van der Waals surface area contributed by atoms with E-state index in [9.17, 15) is 9.46 Å². The molecule has 0 aromatic rings. The smallest absolute Gasteiger partial charge is 0.325 e. The lowest BCUT2D eigenvalue weighted by Crippen LogP contribution is -2.38. The van der Waals surface area contributed by atoms with Crippen molar-refractivity contribution in [3.05, 3.63) is 0 Å². The van der Waals surface area contributed by atoms with Gasteiger partial charge in [-0.15, -0.1) is 0 Å². The van der Waals surface area contributed by atoms with E-state index in [4.69, 9.17) is 32.1 Å². The predicted molar refractivity (Wildman–Crippen MR) is 63.6 cm³/mol. The van der Waals surface area contributed by atoms with Crippen molar-refractivity contribution in [2.24, 2.45) is 0 Å². The maximum absolute atomic E-state index is 11.3. The molecule has 104 valence electrons. The van der Waals surface area contributed by atoms with E-state index >= 15 is 0 Å². The highest BCUT2D eigenvalue weighted by atomic mass is 31.2. The summed E-state index contributed by atoms with van der Waals surface area (Å²) < 4.78 is 26.8. The van der Waals surface area contributed by atoms with Crippen LogP contribution in [0.1, 0.15) is 6.42 Å². The summed E-state index contributed by atoms with van der Waals surface area (Å²) in [6.07, 6.45) is -2.07. The third kappa shape index (κ3) is 4.62. The van der Waals surface area contributed by atoms with Crippen LogP contribution in [0, 0.1) is 0 Å². The number of aliphatic hydroxyl groups excluding tert-OH is 2. The lowest BCUT2D eigenvalue weighted by atomic mass is 9.93. The molecule has 1 rings (SSSR count). The molecule has 1 aliphatic rings. The first-order chi connectivity index (χ1) is 8.39. The summed E-state index contributed by atoms with van der Waals surface area (Å²) in [5, 5.41) is 17.8. The Balaban J connectivity index is 2.67. The molecule has 2 radical (unpaired) electrons. The molecule has 1 heterocycles. The van der Waals surface area contributed by atoms with Crippen LogP contribution >= 0.6 is 7.60 Å². The molecule has 0 aromatic carbocycles. The molecule has 5 atom stereocenters. The molecular formula is C9H18BO7P. The Morgan fingerprint density at radius 1 is 1.39 bits per heavy atom. The zero-order valence-electron chi connectivity index (χ0n) is 10.1. The number of hydrogen-bond acceptors (Lipinski definition) is 6. The van der Waals surface area contributed by atoms with Crippen LogP contribution in [0.3, 0.4) is 0 Å². The maximum atomic E-state index is 11.3. The van der Waals surface area contributed by atoms with Gasteiger partial charge in [0.2, 0.25) is 0 Å². The Kier molecular flexibility index (Phi) is 6.27. The summed E-state index contributed by atoms with van der Waals surface area (Å²) in [6.45, 7) is 0.827. The second-order valence-electron chi connectivity index (χ2n) is 4.11. The molecule has 1 fully saturated rings. The van der Waals surface area contributed by atoms with Crippen LogP contribution in [0.5, 0.6) is 0 Å². The zero-order valence-corrected chi connectivity index (χ0v) is 11.0. The van der Waals surface area contributed by atoms with Crippen molar-refractivity contribution in [1.82, 2.24) is 0 Å². The number of rotatable bonds is 7. The number of hydrogen-bond donors (Lipinski definition) is 3. The summed E-state index contributed by atoms with van der Waals surface area (Å²) >= 11 is 0. The van der Waals surface area contributed by atoms with Gasteiger partial charge in [0.15, 0.2) is 0 Å². The van der Waals surface area contributed by atoms with Crippen LogP contribution in [0.15, 0.2) is 0 Å². The highest BCUT2D eigenvalue weighted by Crippen LogP contribution is 2.42. The van der Waals surface area contributed by atoms with E-state index in [1.54, 1.807) is 0 Å². The van der Waals surface area contributed by atoms with Crippen molar-refractivity contribution in [3.63, 3.8) is 0 Å². The quantitative estimate of drug-likeness (QED) is 0.307. The molecule has 1 aliphatic heterocycles. The summed E-state index contributed by atoms with van der Waals surface area (Å²) in [5.74, 6) is 0. The fourth-order valence-electron chi connectivity index (χ4n) is 1.73. The van der Waals surface area contributed by atoms with Crippen molar-refractivity contribution in [3.8, 4) is 0 Å². The Hall–Kier alpha value is 0.0549. The molecule has 0 aliphatic carbocycles. The minimum absolute atomic E-state index is 0.0377. The Labute approximate surface area is 107 Å². The minimum atomic E-state index is -3.74. The van der Waals surface area contributed by atoms with E-state index in [0.717, 1.165) is 6.66 Å². The van der Waals surface area contributed by atoms with E-state index in [1.165, 1.54) is 0 Å². The molecule has 3 N–H and O–H groups in total. The Morgan fingerprint density at radius 3 is 2.56 bits per heavy atom. The van der Waals surface area contributed by atoms with Crippen LogP contribution in [-0.4, -0.2) is 73.8 Å². The fraction of sp³-hybridized carbons (Fsp3) is 1.00. The molecule has 1 saturated heterocycles. The number of ether oxygens (including phenoxy) is 2. The topological polar surface area (TPSA) is 105 Å². The van der Waals surface area contributed by atoms with Crippen molar-refractivity contribution in [2.45, 2.75) is 30.7 Å². The Morgan fingerprint density at radius 2 is 2.06 bits per heavy atom. The molecule has 18 heavy (non-hydrogen) atoms. The molecule has 9 heteroatoms. The van der Waals surface area contributed by atoms with Gasteiger partial charge in [-0.3, -0.25) is 9.09 Å². The van der Waals surface area contributed by atoms with E-state index in [2.05, 4.69) is 0 Å². The van der Waals surface area contributed by atoms with Crippen molar-refractivity contribution in [1.29, 1.82) is 0 Å². The highest BCUT2D eigenvalue weighted by molar-refractivity contribution is 7.51. The molecular weight excluding hydrogens is 262 g/mol. The lowest BCUT2D eigenvalue weighted by molar-refractivity contribution is -0.0224. The molecule has 2 unspecified atom stereocenters. The van der Waals surface area contributed by atoms with Crippen LogP contribution in [-0.2, 0) is 18.6 Å². The van der Waals surface area contributed by atoms with Crippen LogP contribution in [0.2, 0.25) is 0 Å². The maximum Gasteiger partial charge on any atom is 0.325 e. The molecule has 0 spiro atoms. The van der Waals surface area contributed by atoms with Gasteiger partial charge in [0.25, 0.3) is 0 Å². The normalized spacial score (nSPS) is 35.6. The van der Waals surface area contributed by atoms with Gasteiger partial charge in [-0.1, -0.05) is 0 Å². The average molecular weight is 280 g/mol. The third-order valence-corrected chi connectivity index (χ3v) is 3.09. The van der Waals surface area contributed by atoms with Gasteiger partial charge >= 0.3 is 7.60 Å². The molecule has 0 bridgehead atoms. The number of aliphatic hydroxyl groups is 2. The monoisotopic (exact) mass is 280 g/mol. The largest absolute Gasteiger partial charge is 0.396 e. The van der Waals surface area contributed by atoms with E-state index in [-0.39, 0.29) is 13.2 Å². The summed E-state index contributed by atoms with van der Waals surface area (Å²) in [6, 6.07) is -0.850. The average Bonchev–Trinajstić information content (AvgIpc) is 2.54. The highest BCUT2D eigenvalue weighted by Gasteiger charge is 2.45. The predicted octanol–water partition coefficient (Wildman–Crippen LogP) is -1.16. The van der Waals surface area contributed by atoms with Gasteiger partial charge in [0.1, 0.15) is 26.2 Å². The lowest BCUT2D eigenvalue weighted by Gasteiger charge is -2.24. The summed E-state index contributed by atoms with van der Waals surface area (Å²) in [4.78, 5) is 9.23. The van der Waals surface area contributed by atoms with Crippen molar-refractivity contribution in [2.75, 3.05) is 26.5 Å². The van der Waals surface area contributed by atoms with Crippen LogP contribution < -0.4 is 0 Å². The Bertz CT molecular complexity index is 297. The van der Waals surface area contributed by atoms with Gasteiger partial charge in [0.05, 0.1) is 6.61 Å². The van der Waals surface area contributed by atoms with Crippen molar-refractivity contribution < 1.29 is 33.7 Å². The first-order valence-electron chi connectivity index (χ1n) is 5.62. The second kappa shape index (κ2) is 7.00. The van der Waals surface area contributed by atoms with Gasteiger partial charge in [-0.05, 0) is 6.42 Å². The van der Waals surface area contributed by atoms with Crippen LogP contribution in [0.25, 0.3) is 0 Å². The van der Waals surface area contributed by atoms with Crippen molar-refractivity contribution >= 4 is 15.4 Å². The second-order valence-corrected chi connectivity index (χ2v) is 5.92. The zero-order chi connectivity index (χ0) is 13.8. The molecule has 0 amide bonds. The molecule has 7 nitrogen and oxygen atoms in total. The van der Waals surface area contributed by atoms with Gasteiger partial charge in [-0.25, -0.2) is 0 Å². The van der Waals surface area contributed by atoms with Gasteiger partial charge in [0, 0.05) is 25.9 Å². The van der Waals surface area contributed by atoms with E-state index in [0.29, 0.717) is 6.42 Å². The van der Waals surface area contributed by atoms with Crippen LogP contribution in [0.4, 0.5) is 0 Å². The van der Waals surface area contributed by atoms with Gasteiger partial charge < -0.3 is 24.6 Å². The summed E-state index contributed by atoms with van der Waals surface area (Å²) in [5.41, 5.74) is 0. The molecule has 0 aromatic heterocycles. The SMILES string of the molecule is [B][C@@H]1O[C@H](CO)[C@H](OP(C)(=O)O)C1OCCCO. The van der Waals surface area contributed by atoms with E-state index < -0.39 is 38.5 Å². The first kappa shape index (κ1) is 16.1.